The van der Waals surface area contributed by atoms with E-state index in [4.69, 9.17) is 39.4 Å². The smallest absolute Gasteiger partial charge is 0.0701 e. The summed E-state index contributed by atoms with van der Waals surface area (Å²) in [6.45, 7) is 3.46. The molecule has 0 saturated heterocycles. The van der Waals surface area contributed by atoms with Crippen LogP contribution in [0.25, 0.3) is 0 Å². The zero-order chi connectivity index (χ0) is 15.3. The van der Waals surface area contributed by atoms with Gasteiger partial charge >= 0.3 is 0 Å². The first kappa shape index (κ1) is 30.2. The van der Waals surface area contributed by atoms with E-state index in [1.165, 1.54) is 0 Å². The van der Waals surface area contributed by atoms with Gasteiger partial charge in [0.15, 0.2) is 0 Å². The number of rotatable bonds is 14. The standard InChI is InChI=1S/2C6H14O4.2ClH/c2*7-1-3-9-5-6-10-4-2-8;;/h2*7-8H,1-6H2;2*1H/p-2. The van der Waals surface area contributed by atoms with Crippen molar-refractivity contribution in [1.29, 1.82) is 0 Å². The summed E-state index contributed by atoms with van der Waals surface area (Å²) < 4.78 is 19.5. The highest BCUT2D eigenvalue weighted by atomic mass is 35.5. The molecule has 8 nitrogen and oxygen atoms in total. The minimum atomic E-state index is 0. The second kappa shape index (κ2) is 33.0. The van der Waals surface area contributed by atoms with Gasteiger partial charge in [-0.05, 0) is 0 Å². The molecule has 0 atom stereocenters. The molecule has 140 valence electrons. The third kappa shape index (κ3) is 37.0. The Kier molecular flexibility index (Phi) is 45.3. The van der Waals surface area contributed by atoms with Crippen LogP contribution < -0.4 is 24.8 Å². The summed E-state index contributed by atoms with van der Waals surface area (Å²) in [5, 5.41) is 33.1. The van der Waals surface area contributed by atoms with Gasteiger partial charge in [0.05, 0.1) is 79.3 Å². The van der Waals surface area contributed by atoms with E-state index in [2.05, 4.69) is 0 Å². The molecule has 0 amide bonds. The van der Waals surface area contributed by atoms with Crippen molar-refractivity contribution in [2.45, 2.75) is 0 Å². The fourth-order valence-electron chi connectivity index (χ4n) is 0.902. The van der Waals surface area contributed by atoms with Crippen molar-refractivity contribution in [3.63, 3.8) is 0 Å². The first-order chi connectivity index (χ1) is 9.83. The Morgan fingerprint density at radius 2 is 0.545 bits per heavy atom. The van der Waals surface area contributed by atoms with Crippen LogP contribution in [0.1, 0.15) is 0 Å². The largest absolute Gasteiger partial charge is 1.00 e. The van der Waals surface area contributed by atoms with Crippen LogP contribution >= 0.6 is 0 Å². The van der Waals surface area contributed by atoms with Crippen molar-refractivity contribution >= 4 is 0 Å². The van der Waals surface area contributed by atoms with Gasteiger partial charge in [-0.2, -0.15) is 0 Å². The predicted molar refractivity (Wildman–Crippen MR) is 71.6 cm³/mol. The number of aliphatic hydroxyl groups excluding tert-OH is 4. The molecule has 0 aromatic carbocycles. The lowest BCUT2D eigenvalue weighted by molar-refractivity contribution is -0.00100. The Balaban J connectivity index is -0.000000135. The van der Waals surface area contributed by atoms with Crippen molar-refractivity contribution in [1.82, 2.24) is 0 Å². The SMILES string of the molecule is OCCOCCOCCO.OCCOCCOCCO.[Cl-].[Cl-]. The Hall–Kier alpha value is 0.260. The molecule has 0 radical (unpaired) electrons. The molecule has 0 aliphatic carbocycles. The van der Waals surface area contributed by atoms with Crippen molar-refractivity contribution in [2.75, 3.05) is 79.3 Å². The summed E-state index contributed by atoms with van der Waals surface area (Å²) in [4.78, 5) is 0. The highest BCUT2D eigenvalue weighted by molar-refractivity contribution is 4.31. The quantitative estimate of drug-likeness (QED) is 0.223. The summed E-state index contributed by atoms with van der Waals surface area (Å²) in [6.07, 6.45) is 0. The van der Waals surface area contributed by atoms with Crippen LogP contribution in [0.4, 0.5) is 0 Å². The van der Waals surface area contributed by atoms with Gasteiger partial charge in [-0.3, -0.25) is 0 Å². The Morgan fingerprint density at radius 1 is 0.364 bits per heavy atom. The molecule has 0 aromatic heterocycles. The summed E-state index contributed by atoms with van der Waals surface area (Å²) in [7, 11) is 0. The van der Waals surface area contributed by atoms with Gasteiger partial charge < -0.3 is 64.2 Å². The number of hydrogen-bond donors (Lipinski definition) is 4. The monoisotopic (exact) mass is 370 g/mol. The number of aliphatic hydroxyl groups is 4. The molecule has 0 unspecified atom stereocenters. The van der Waals surface area contributed by atoms with Crippen LogP contribution in [0.3, 0.4) is 0 Å². The van der Waals surface area contributed by atoms with Gasteiger partial charge in [0, 0.05) is 0 Å². The number of hydrogen-bond acceptors (Lipinski definition) is 8. The normalized spacial score (nSPS) is 9.27. The van der Waals surface area contributed by atoms with E-state index in [0.29, 0.717) is 52.9 Å². The highest BCUT2D eigenvalue weighted by Crippen LogP contribution is 1.77. The predicted octanol–water partition coefficient (Wildman–Crippen LogP) is -7.98. The molecule has 0 rings (SSSR count). The van der Waals surface area contributed by atoms with E-state index in [1.807, 2.05) is 0 Å². The van der Waals surface area contributed by atoms with Gasteiger partial charge in [0.25, 0.3) is 0 Å². The molecule has 22 heavy (non-hydrogen) atoms. The molecular formula is C12H28Cl2O8-2. The molecule has 4 N–H and O–H groups in total. The average molecular weight is 371 g/mol. The van der Waals surface area contributed by atoms with Crippen molar-refractivity contribution in [3.05, 3.63) is 0 Å². The average Bonchev–Trinajstić information content (AvgIpc) is 2.47. The summed E-state index contributed by atoms with van der Waals surface area (Å²) >= 11 is 0. The highest BCUT2D eigenvalue weighted by Gasteiger charge is 1.87. The maximum atomic E-state index is 8.26. The van der Waals surface area contributed by atoms with Crippen LogP contribution in [-0.4, -0.2) is 99.7 Å². The second-order valence-electron chi connectivity index (χ2n) is 3.34. The maximum Gasteiger partial charge on any atom is 0.0701 e. The summed E-state index contributed by atoms with van der Waals surface area (Å²) in [6, 6.07) is 0. The minimum Gasteiger partial charge on any atom is -1.00 e. The molecular weight excluding hydrogens is 343 g/mol. The lowest BCUT2D eigenvalue weighted by Gasteiger charge is -2.01. The molecule has 10 heteroatoms. The zero-order valence-corrected chi connectivity index (χ0v) is 14.2. The number of ether oxygens (including phenoxy) is 4. The van der Waals surface area contributed by atoms with E-state index >= 15 is 0 Å². The number of halogens is 2. The molecule has 0 fully saturated rings. The molecule has 0 heterocycles. The van der Waals surface area contributed by atoms with Gasteiger partial charge in [-0.15, -0.1) is 0 Å². The minimum absolute atomic E-state index is 0. The zero-order valence-electron chi connectivity index (χ0n) is 12.7. The van der Waals surface area contributed by atoms with E-state index in [0.717, 1.165) is 0 Å². The molecule has 0 saturated carbocycles. The third-order valence-electron chi connectivity index (χ3n) is 1.69. The van der Waals surface area contributed by atoms with E-state index in [9.17, 15) is 0 Å². The van der Waals surface area contributed by atoms with Crippen molar-refractivity contribution in [3.8, 4) is 0 Å². The fraction of sp³-hybridized carbons (Fsp3) is 1.00. The van der Waals surface area contributed by atoms with Gasteiger partial charge in [-0.25, -0.2) is 0 Å². The molecule has 0 bridgehead atoms. The van der Waals surface area contributed by atoms with Gasteiger partial charge in [0.1, 0.15) is 0 Å². The van der Waals surface area contributed by atoms with Crippen LogP contribution in [0.2, 0.25) is 0 Å². The van der Waals surface area contributed by atoms with E-state index in [1.54, 1.807) is 0 Å². The van der Waals surface area contributed by atoms with Crippen LogP contribution in [0.15, 0.2) is 0 Å². The summed E-state index contributed by atoms with van der Waals surface area (Å²) in [5.74, 6) is 0. The van der Waals surface area contributed by atoms with Crippen molar-refractivity contribution < 1.29 is 64.2 Å². The van der Waals surface area contributed by atoms with Gasteiger partial charge in [0.2, 0.25) is 0 Å². The summed E-state index contributed by atoms with van der Waals surface area (Å²) in [5.41, 5.74) is 0. The topological polar surface area (TPSA) is 118 Å². The molecule has 0 aliphatic heterocycles. The lowest BCUT2D eigenvalue weighted by Crippen LogP contribution is -3.00. The van der Waals surface area contributed by atoms with Gasteiger partial charge in [-0.1, -0.05) is 0 Å². The van der Waals surface area contributed by atoms with E-state index < -0.39 is 0 Å². The Morgan fingerprint density at radius 3 is 0.682 bits per heavy atom. The maximum absolute atomic E-state index is 8.26. The van der Waals surface area contributed by atoms with Crippen LogP contribution in [0.5, 0.6) is 0 Å². The molecule has 0 aliphatic rings. The third-order valence-corrected chi connectivity index (χ3v) is 1.69. The Labute approximate surface area is 144 Å². The van der Waals surface area contributed by atoms with Crippen LogP contribution in [-0.2, 0) is 18.9 Å². The molecule has 0 spiro atoms. The first-order valence-electron chi connectivity index (χ1n) is 6.57. The van der Waals surface area contributed by atoms with Crippen molar-refractivity contribution in [2.24, 2.45) is 0 Å². The second-order valence-corrected chi connectivity index (χ2v) is 3.34. The first-order valence-corrected chi connectivity index (χ1v) is 6.57. The molecule has 0 aromatic rings. The Bertz CT molecular complexity index is 125. The lowest BCUT2D eigenvalue weighted by atomic mass is 10.7. The fourth-order valence-corrected chi connectivity index (χ4v) is 0.902. The van der Waals surface area contributed by atoms with Crippen LogP contribution in [0, 0.1) is 0 Å². The van der Waals surface area contributed by atoms with E-state index in [-0.39, 0.29) is 51.2 Å².